The minimum Gasteiger partial charge on any atom is -0.366 e. The van der Waals surface area contributed by atoms with Crippen molar-refractivity contribution >= 4 is 79.8 Å². The first-order valence-corrected chi connectivity index (χ1v) is 9.80. The van der Waals surface area contributed by atoms with E-state index in [0.29, 0.717) is 9.79 Å². The van der Waals surface area contributed by atoms with Crippen molar-refractivity contribution in [2.45, 2.75) is 9.79 Å². The number of rotatable bonds is 5. The predicted octanol–water partition coefficient (Wildman–Crippen LogP) is 5.30. The lowest BCUT2D eigenvalue weighted by Gasteiger charge is -2.11. The van der Waals surface area contributed by atoms with Gasteiger partial charge >= 0.3 is 0 Å². The highest BCUT2D eigenvalue weighted by Gasteiger charge is 2.20. The van der Waals surface area contributed by atoms with Crippen LogP contribution in [0.1, 0.15) is 20.7 Å². The second-order valence-corrected chi connectivity index (χ2v) is 8.15. The van der Waals surface area contributed by atoms with Gasteiger partial charge in [-0.1, -0.05) is 68.0 Å². The molecule has 0 bridgehead atoms. The first-order chi connectivity index (χ1) is 11.2. The molecule has 126 valence electrons. The molecular formula is C14H8Cl4N2O2S2. The van der Waals surface area contributed by atoms with Gasteiger partial charge in [0.25, 0.3) is 11.8 Å². The Hall–Kier alpha value is -0.760. The van der Waals surface area contributed by atoms with Crippen molar-refractivity contribution in [2.24, 2.45) is 11.5 Å². The maximum Gasteiger partial charge on any atom is 0.251 e. The summed E-state index contributed by atoms with van der Waals surface area (Å²) in [5.74, 6) is -1.43. The number of hydrogen-bond donors (Lipinski definition) is 2. The second-order valence-electron chi connectivity index (χ2n) is 4.36. The molecule has 2 amide bonds. The van der Waals surface area contributed by atoms with Crippen LogP contribution in [0, 0.1) is 0 Å². The van der Waals surface area contributed by atoms with Crippen LogP contribution in [0.15, 0.2) is 34.1 Å². The molecular weight excluding hydrogens is 434 g/mol. The largest absolute Gasteiger partial charge is 0.366 e. The van der Waals surface area contributed by atoms with Gasteiger partial charge in [0.15, 0.2) is 0 Å². The third-order valence-corrected chi connectivity index (χ3v) is 6.89. The molecule has 0 radical (unpaired) electrons. The van der Waals surface area contributed by atoms with E-state index in [1.165, 1.54) is 0 Å². The van der Waals surface area contributed by atoms with Crippen LogP contribution in [-0.2, 0) is 0 Å². The molecule has 0 aliphatic rings. The van der Waals surface area contributed by atoms with E-state index < -0.39 is 11.8 Å². The Balaban J connectivity index is 2.40. The highest BCUT2D eigenvalue weighted by molar-refractivity contribution is 8.76. The Bertz CT molecular complexity index is 777. The first-order valence-electron chi connectivity index (χ1n) is 6.14. The molecule has 2 aromatic carbocycles. The quantitative estimate of drug-likeness (QED) is 0.616. The summed E-state index contributed by atoms with van der Waals surface area (Å²) >= 11 is 23.9. The molecule has 0 aromatic heterocycles. The fourth-order valence-electron chi connectivity index (χ4n) is 1.75. The van der Waals surface area contributed by atoms with Crippen molar-refractivity contribution < 1.29 is 9.59 Å². The van der Waals surface area contributed by atoms with Crippen LogP contribution in [0.5, 0.6) is 0 Å². The number of primary amides is 2. The van der Waals surface area contributed by atoms with E-state index in [9.17, 15) is 9.59 Å². The molecule has 0 saturated heterocycles. The molecule has 0 spiro atoms. The number of halogens is 4. The Kier molecular flexibility index (Phi) is 6.59. The third-order valence-electron chi connectivity index (χ3n) is 2.83. The molecule has 2 rings (SSSR count). The van der Waals surface area contributed by atoms with Gasteiger partial charge in [0.05, 0.1) is 31.2 Å². The van der Waals surface area contributed by atoms with Crippen molar-refractivity contribution in [1.29, 1.82) is 0 Å². The molecule has 0 atom stereocenters. The topological polar surface area (TPSA) is 86.2 Å². The Morgan fingerprint density at radius 2 is 1.04 bits per heavy atom. The SMILES string of the molecule is NC(=O)c1c(SSc2ccc(Cl)c(Cl)c2C(N)=O)ccc(Cl)c1Cl. The minimum absolute atomic E-state index is 0.0685. The summed E-state index contributed by atoms with van der Waals surface area (Å²) in [6.45, 7) is 0. The Morgan fingerprint density at radius 1 is 0.708 bits per heavy atom. The van der Waals surface area contributed by atoms with Crippen LogP contribution in [-0.4, -0.2) is 11.8 Å². The van der Waals surface area contributed by atoms with Crippen molar-refractivity contribution in [3.63, 3.8) is 0 Å². The van der Waals surface area contributed by atoms with Crippen molar-refractivity contribution in [3.8, 4) is 0 Å². The van der Waals surface area contributed by atoms with Gasteiger partial charge in [0.1, 0.15) is 0 Å². The van der Waals surface area contributed by atoms with Gasteiger partial charge in [0.2, 0.25) is 0 Å². The number of amides is 2. The van der Waals surface area contributed by atoms with Crippen LogP contribution in [0.4, 0.5) is 0 Å². The Labute approximate surface area is 165 Å². The van der Waals surface area contributed by atoms with E-state index in [-0.39, 0.29) is 31.2 Å². The highest BCUT2D eigenvalue weighted by Crippen LogP contribution is 2.45. The molecule has 0 saturated carbocycles. The lowest BCUT2D eigenvalue weighted by Crippen LogP contribution is -2.13. The number of carbonyl (C=O) groups is 2. The molecule has 0 heterocycles. The molecule has 0 aliphatic carbocycles. The lowest BCUT2D eigenvalue weighted by atomic mass is 10.2. The monoisotopic (exact) mass is 440 g/mol. The lowest BCUT2D eigenvalue weighted by molar-refractivity contribution is 0.0989. The van der Waals surface area contributed by atoms with Gasteiger partial charge in [-0.3, -0.25) is 9.59 Å². The maximum absolute atomic E-state index is 11.6. The van der Waals surface area contributed by atoms with Crippen LogP contribution in [0.3, 0.4) is 0 Å². The number of hydrogen-bond acceptors (Lipinski definition) is 4. The van der Waals surface area contributed by atoms with Gasteiger partial charge in [-0.15, -0.1) is 0 Å². The average molecular weight is 442 g/mol. The van der Waals surface area contributed by atoms with Gasteiger partial charge in [-0.25, -0.2) is 0 Å². The second kappa shape index (κ2) is 8.08. The van der Waals surface area contributed by atoms with Gasteiger partial charge in [0, 0.05) is 9.79 Å². The van der Waals surface area contributed by atoms with E-state index in [1.807, 2.05) is 0 Å². The maximum atomic E-state index is 11.6. The summed E-state index contributed by atoms with van der Waals surface area (Å²) in [5, 5.41) is 0.567. The van der Waals surface area contributed by atoms with Crippen molar-refractivity contribution in [2.75, 3.05) is 0 Å². The summed E-state index contributed by atoms with van der Waals surface area (Å²) in [6.07, 6.45) is 0. The fraction of sp³-hybridized carbons (Fsp3) is 0. The molecule has 10 heteroatoms. The van der Waals surface area contributed by atoms with Crippen molar-refractivity contribution in [3.05, 3.63) is 55.5 Å². The molecule has 4 N–H and O–H groups in total. The number of benzene rings is 2. The normalized spacial score (nSPS) is 10.7. The Morgan fingerprint density at radius 3 is 1.33 bits per heavy atom. The smallest absolute Gasteiger partial charge is 0.251 e. The van der Waals surface area contributed by atoms with Gasteiger partial charge < -0.3 is 11.5 Å². The van der Waals surface area contributed by atoms with Crippen LogP contribution in [0.25, 0.3) is 0 Å². The summed E-state index contributed by atoms with van der Waals surface area (Å²) in [6, 6.07) is 6.30. The van der Waals surface area contributed by atoms with Gasteiger partial charge in [-0.2, -0.15) is 0 Å². The summed E-state index contributed by atoms with van der Waals surface area (Å²) in [4.78, 5) is 24.2. The zero-order valence-corrected chi connectivity index (χ0v) is 16.3. The highest BCUT2D eigenvalue weighted by atomic mass is 35.5. The van der Waals surface area contributed by atoms with Crippen LogP contribution >= 0.6 is 68.0 Å². The molecule has 4 nitrogen and oxygen atoms in total. The van der Waals surface area contributed by atoms with E-state index in [2.05, 4.69) is 0 Å². The van der Waals surface area contributed by atoms with Crippen LogP contribution in [0.2, 0.25) is 20.1 Å². The number of nitrogens with two attached hydrogens (primary N) is 2. The molecule has 24 heavy (non-hydrogen) atoms. The van der Waals surface area contributed by atoms with E-state index in [1.54, 1.807) is 24.3 Å². The molecule has 2 aromatic rings. The molecule has 0 fully saturated rings. The third kappa shape index (κ3) is 4.07. The average Bonchev–Trinajstić information content (AvgIpc) is 2.50. The molecule has 0 unspecified atom stereocenters. The van der Waals surface area contributed by atoms with Crippen molar-refractivity contribution in [1.82, 2.24) is 0 Å². The predicted molar refractivity (Wildman–Crippen MR) is 102 cm³/mol. The summed E-state index contributed by atoms with van der Waals surface area (Å²) < 4.78 is 0. The minimum atomic E-state index is -0.713. The fourth-order valence-corrected chi connectivity index (χ4v) is 5.07. The van der Waals surface area contributed by atoms with E-state index >= 15 is 0 Å². The van der Waals surface area contributed by atoms with E-state index in [4.69, 9.17) is 57.9 Å². The molecule has 0 aliphatic heterocycles. The summed E-state index contributed by atoms with van der Waals surface area (Å²) in [7, 11) is 2.32. The standard InChI is InChI=1S/C14H8Cl4N2O2S2/c15-5-1-3-7(9(11(5)17)13(19)21)23-24-8-4-2-6(16)12(18)10(8)14(20)22/h1-4H,(H2,19,21)(H2,20,22). The summed E-state index contributed by atoms with van der Waals surface area (Å²) in [5.41, 5.74) is 10.9. The van der Waals surface area contributed by atoms with Crippen LogP contribution < -0.4 is 11.5 Å². The zero-order chi connectivity index (χ0) is 18.0. The number of carbonyl (C=O) groups excluding carboxylic acids is 2. The zero-order valence-electron chi connectivity index (χ0n) is 11.6. The van der Waals surface area contributed by atoms with E-state index in [0.717, 1.165) is 21.6 Å². The van der Waals surface area contributed by atoms with Gasteiger partial charge in [-0.05, 0) is 24.3 Å². The first kappa shape index (κ1) is 19.6.